The van der Waals surface area contributed by atoms with E-state index in [0.29, 0.717) is 11.1 Å². The topological polar surface area (TPSA) is 269 Å². The molecule has 0 aromatic heterocycles. The van der Waals surface area contributed by atoms with Crippen molar-refractivity contribution in [1.29, 1.82) is 0 Å². The van der Waals surface area contributed by atoms with Crippen molar-refractivity contribution in [3.8, 4) is 0 Å². The Morgan fingerprint density at radius 3 is 1.26 bits per heavy atom. The van der Waals surface area contributed by atoms with Gasteiger partial charge < -0.3 is 47.2 Å². The summed E-state index contributed by atoms with van der Waals surface area (Å²) >= 11 is 0. The summed E-state index contributed by atoms with van der Waals surface area (Å²) in [4.78, 5) is 106. The molecule has 1 aliphatic rings. The second-order valence-electron chi connectivity index (χ2n) is 13.2. The molecule has 0 saturated carbocycles. The van der Waals surface area contributed by atoms with Crippen LogP contribution in [0.15, 0.2) is 60.7 Å². The molecular weight excluding hydrogens is 692 g/mol. The average molecular weight is 739 g/mol. The molecule has 53 heavy (non-hydrogen) atoms. The third kappa shape index (κ3) is 13.3. The quantitative estimate of drug-likeness (QED) is 0.132. The monoisotopic (exact) mass is 738 g/mol. The number of nitrogens with one attached hydrogen (secondary N) is 6. The normalized spacial score (nSPS) is 24.2. The van der Waals surface area contributed by atoms with Crippen molar-refractivity contribution in [3.05, 3.63) is 71.8 Å². The maximum atomic E-state index is 14.0. The van der Waals surface area contributed by atoms with Crippen molar-refractivity contribution < 1.29 is 53.7 Å². The van der Waals surface area contributed by atoms with Crippen LogP contribution in [0.1, 0.15) is 51.2 Å². The van der Waals surface area contributed by atoms with Gasteiger partial charge in [0.25, 0.3) is 0 Å². The number of benzene rings is 2. The number of hydrogen-bond donors (Lipinski definition) is 9. The van der Waals surface area contributed by atoms with Crippen LogP contribution in [0.5, 0.6) is 0 Å². The van der Waals surface area contributed by atoms with Crippen LogP contribution >= 0.6 is 0 Å². The second-order valence-corrected chi connectivity index (χ2v) is 13.2. The lowest BCUT2D eigenvalue weighted by Crippen LogP contribution is -2.63. The molecular formula is C36H46N6O11. The highest BCUT2D eigenvalue weighted by Crippen LogP contribution is 2.12. The van der Waals surface area contributed by atoms with Crippen molar-refractivity contribution in [1.82, 2.24) is 31.9 Å². The first kappa shape index (κ1) is 41.6. The summed E-state index contributed by atoms with van der Waals surface area (Å²) in [5.74, 6) is -9.34. The predicted molar refractivity (Wildman–Crippen MR) is 188 cm³/mol. The highest BCUT2D eigenvalue weighted by atomic mass is 16.4. The fraction of sp³-hybridized carbons (Fsp3) is 0.444. The lowest BCUT2D eigenvalue weighted by Gasteiger charge is -2.29. The van der Waals surface area contributed by atoms with Crippen LogP contribution in [0.25, 0.3) is 0 Å². The van der Waals surface area contributed by atoms with E-state index in [1.807, 2.05) is 0 Å². The van der Waals surface area contributed by atoms with Crippen molar-refractivity contribution in [2.24, 2.45) is 5.92 Å². The summed E-state index contributed by atoms with van der Waals surface area (Å²) in [5, 5.41) is 44.0. The summed E-state index contributed by atoms with van der Waals surface area (Å²) in [7, 11) is 0. The number of hydrogen-bond acceptors (Lipinski definition) is 9. The van der Waals surface area contributed by atoms with Crippen LogP contribution in [0, 0.1) is 5.92 Å². The fourth-order valence-corrected chi connectivity index (χ4v) is 5.60. The van der Waals surface area contributed by atoms with E-state index in [1.54, 1.807) is 74.5 Å². The van der Waals surface area contributed by atoms with E-state index < -0.39 is 103 Å². The molecule has 0 radical (unpaired) electrons. The highest BCUT2D eigenvalue weighted by Gasteiger charge is 2.37. The maximum absolute atomic E-state index is 14.0. The molecule has 286 valence electrons. The zero-order valence-electron chi connectivity index (χ0n) is 29.5. The number of carboxylic acids is 2. The minimum absolute atomic E-state index is 0.0291. The molecule has 0 aliphatic carbocycles. The van der Waals surface area contributed by atoms with Gasteiger partial charge in [0.05, 0.1) is 18.9 Å². The Bertz CT molecular complexity index is 1640. The van der Waals surface area contributed by atoms with Gasteiger partial charge in [-0.15, -0.1) is 0 Å². The van der Waals surface area contributed by atoms with Gasteiger partial charge in [0.1, 0.15) is 36.3 Å². The number of aliphatic carboxylic acids is 2. The first-order chi connectivity index (χ1) is 25.0. The third-order valence-corrected chi connectivity index (χ3v) is 8.26. The Morgan fingerprint density at radius 2 is 0.868 bits per heavy atom. The van der Waals surface area contributed by atoms with Gasteiger partial charge in [0.15, 0.2) is 0 Å². The molecule has 0 bridgehead atoms. The van der Waals surface area contributed by atoms with Crippen LogP contribution in [0.4, 0.5) is 0 Å². The number of aliphatic hydroxyl groups is 1. The SMILES string of the molecule is CC(C)C[C@@H]1NC(=O)[C@H](Cc2ccccc2)NC(=O)[C@@H](Cc2ccccc2)NC(=O)[C@H](CC(=O)O)NC(=O)[C@H]([C@@H](C)O)NC(=O)[C@H](CC(=O)O)NC1=O. The summed E-state index contributed by atoms with van der Waals surface area (Å²) in [6.45, 7) is 4.62. The van der Waals surface area contributed by atoms with E-state index in [4.69, 9.17) is 0 Å². The molecule has 3 rings (SSSR count). The summed E-state index contributed by atoms with van der Waals surface area (Å²) in [6.07, 6.45) is -3.77. The van der Waals surface area contributed by atoms with Gasteiger partial charge in [-0.25, -0.2) is 0 Å². The van der Waals surface area contributed by atoms with Crippen molar-refractivity contribution >= 4 is 47.4 Å². The lowest BCUT2D eigenvalue weighted by molar-refractivity contribution is -0.142. The predicted octanol–water partition coefficient (Wildman–Crippen LogP) is -1.23. The van der Waals surface area contributed by atoms with Gasteiger partial charge in [-0.1, -0.05) is 74.5 Å². The van der Waals surface area contributed by atoms with E-state index >= 15 is 0 Å². The van der Waals surface area contributed by atoms with Crippen LogP contribution < -0.4 is 31.9 Å². The van der Waals surface area contributed by atoms with Crippen molar-refractivity contribution in [2.75, 3.05) is 0 Å². The van der Waals surface area contributed by atoms with Gasteiger partial charge in [0, 0.05) is 12.8 Å². The Kier molecular flexibility index (Phi) is 15.4. The molecule has 0 spiro atoms. The summed E-state index contributed by atoms with van der Waals surface area (Å²) < 4.78 is 0. The Balaban J connectivity index is 2.15. The highest BCUT2D eigenvalue weighted by molar-refractivity contribution is 5.99. The van der Waals surface area contributed by atoms with Gasteiger partial charge in [0.2, 0.25) is 35.4 Å². The van der Waals surface area contributed by atoms with E-state index in [9.17, 15) is 53.7 Å². The van der Waals surface area contributed by atoms with Crippen LogP contribution in [-0.4, -0.2) is 105 Å². The third-order valence-electron chi connectivity index (χ3n) is 8.26. The number of amides is 6. The first-order valence-electron chi connectivity index (χ1n) is 17.1. The average Bonchev–Trinajstić information content (AvgIpc) is 3.08. The lowest BCUT2D eigenvalue weighted by atomic mass is 9.99. The Labute approximate surface area is 305 Å². The molecule has 17 nitrogen and oxygen atoms in total. The molecule has 1 heterocycles. The van der Waals surface area contributed by atoms with E-state index in [-0.39, 0.29) is 25.2 Å². The molecule has 0 unspecified atom stereocenters. The number of carbonyl (C=O) groups excluding carboxylic acids is 6. The molecule has 1 aliphatic heterocycles. The fourth-order valence-electron chi connectivity index (χ4n) is 5.60. The maximum Gasteiger partial charge on any atom is 0.305 e. The van der Waals surface area contributed by atoms with Crippen molar-refractivity contribution in [2.45, 2.75) is 95.2 Å². The van der Waals surface area contributed by atoms with E-state index in [0.717, 1.165) is 6.92 Å². The summed E-state index contributed by atoms with van der Waals surface area (Å²) in [5.41, 5.74) is 1.21. The molecule has 7 atom stereocenters. The smallest absolute Gasteiger partial charge is 0.305 e. The Morgan fingerprint density at radius 1 is 0.528 bits per heavy atom. The molecule has 2 aromatic carbocycles. The number of aliphatic hydroxyl groups excluding tert-OH is 1. The minimum atomic E-state index is -1.85. The number of carboxylic acid groups (broad SMARTS) is 2. The van der Waals surface area contributed by atoms with Gasteiger partial charge in [-0.05, 0) is 30.4 Å². The molecule has 1 saturated heterocycles. The molecule has 17 heteroatoms. The zero-order valence-corrected chi connectivity index (χ0v) is 29.5. The standard InChI is InChI=1S/C36H46N6O11/c1-19(2)14-23-31(48)40-27(18-29(46)47)35(52)42-30(20(3)43)36(53)41-26(17-28(44)45)34(51)39-25(16-22-12-8-5-9-13-22)33(50)38-24(32(49)37-23)15-21-10-6-4-7-11-21/h4-13,19-20,23-27,30,43H,14-18H2,1-3H3,(H,37,49)(H,38,50)(H,39,51)(H,40,48)(H,41,53)(H,42,52)(H,44,45)(H,46,47)/t20-,23+,24+,25-,26+,27+,30+/m1/s1. The van der Waals surface area contributed by atoms with Crippen LogP contribution in [0.3, 0.4) is 0 Å². The second kappa shape index (κ2) is 19.7. The summed E-state index contributed by atoms with van der Waals surface area (Å²) in [6, 6.07) is 7.51. The Hall–Kier alpha value is -5.84. The first-order valence-corrected chi connectivity index (χ1v) is 17.1. The van der Waals surface area contributed by atoms with E-state index in [1.165, 1.54) is 0 Å². The minimum Gasteiger partial charge on any atom is -0.481 e. The molecule has 1 fully saturated rings. The van der Waals surface area contributed by atoms with Gasteiger partial charge in [-0.2, -0.15) is 0 Å². The van der Waals surface area contributed by atoms with E-state index in [2.05, 4.69) is 31.9 Å². The molecule has 9 N–H and O–H groups in total. The van der Waals surface area contributed by atoms with Crippen LogP contribution in [-0.2, 0) is 51.2 Å². The molecule has 2 aromatic rings. The van der Waals surface area contributed by atoms with Crippen LogP contribution in [0.2, 0.25) is 0 Å². The van der Waals surface area contributed by atoms with Crippen molar-refractivity contribution in [3.63, 3.8) is 0 Å². The zero-order chi connectivity index (χ0) is 39.2. The number of carbonyl (C=O) groups is 8. The van der Waals surface area contributed by atoms with Gasteiger partial charge >= 0.3 is 11.9 Å². The van der Waals surface area contributed by atoms with Gasteiger partial charge in [-0.3, -0.25) is 38.4 Å². The molecule has 6 amide bonds. The largest absolute Gasteiger partial charge is 0.481 e. The number of rotatable bonds is 11.